The number of rotatable bonds is 5. The monoisotopic (exact) mass is 329 g/mol. The Hall–Kier alpha value is -2.51. The number of nitrogens with zero attached hydrogens (tertiary/aromatic N) is 2. The van der Waals surface area contributed by atoms with Crippen molar-refractivity contribution in [2.75, 3.05) is 0 Å². The summed E-state index contributed by atoms with van der Waals surface area (Å²) in [5.41, 5.74) is 1.65. The smallest absolute Gasteiger partial charge is 0.257 e. The van der Waals surface area contributed by atoms with Gasteiger partial charge in [-0.1, -0.05) is 11.2 Å². The number of nitrogens with one attached hydrogen (secondary N) is 1. The van der Waals surface area contributed by atoms with Crippen LogP contribution >= 0.6 is 11.3 Å². The molecule has 0 fully saturated rings. The molecule has 0 aromatic carbocycles. The predicted molar refractivity (Wildman–Crippen MR) is 85.9 cm³/mol. The Kier molecular flexibility index (Phi) is 4.50. The Morgan fingerprint density at radius 2 is 2.17 bits per heavy atom. The molecular weight excluding hydrogens is 314 g/mol. The minimum absolute atomic E-state index is 0.167. The molecule has 118 valence electrons. The van der Waals surface area contributed by atoms with Crippen LogP contribution < -0.4 is 5.32 Å². The molecule has 0 saturated carbocycles. The molecule has 0 spiro atoms. The maximum Gasteiger partial charge on any atom is 0.257 e. The summed E-state index contributed by atoms with van der Waals surface area (Å²) in [4.78, 5) is 17.3. The van der Waals surface area contributed by atoms with Crippen molar-refractivity contribution in [2.45, 2.75) is 19.6 Å². The largest absolute Gasteiger partial charge is 0.385 e. The number of hydrogen-bond donors (Lipinski definition) is 2. The summed E-state index contributed by atoms with van der Waals surface area (Å²) in [5, 5.41) is 18.5. The van der Waals surface area contributed by atoms with Crippen LogP contribution in [0.3, 0.4) is 0 Å². The van der Waals surface area contributed by atoms with Gasteiger partial charge < -0.3 is 14.9 Å². The molecular formula is C16H15N3O3S. The number of carbonyl (C=O) groups is 1. The third kappa shape index (κ3) is 3.30. The molecule has 3 heterocycles. The molecule has 0 bridgehead atoms. The number of aromatic nitrogens is 2. The fraction of sp³-hybridized carbons (Fsp3) is 0.188. The number of aliphatic hydroxyl groups excluding tert-OH is 1. The van der Waals surface area contributed by atoms with Gasteiger partial charge in [0.05, 0.1) is 4.88 Å². The summed E-state index contributed by atoms with van der Waals surface area (Å²) < 4.78 is 5.19. The Balaban J connectivity index is 1.88. The van der Waals surface area contributed by atoms with Crippen LogP contribution in [-0.2, 0) is 6.54 Å². The van der Waals surface area contributed by atoms with Crippen molar-refractivity contribution in [1.82, 2.24) is 15.5 Å². The van der Waals surface area contributed by atoms with Gasteiger partial charge in [-0.15, -0.1) is 11.3 Å². The van der Waals surface area contributed by atoms with Crippen molar-refractivity contribution in [2.24, 2.45) is 0 Å². The lowest BCUT2D eigenvalue weighted by Gasteiger charge is -2.07. The van der Waals surface area contributed by atoms with E-state index in [0.717, 1.165) is 10.4 Å². The SMILES string of the molecule is CC(O)c1onc(-c2cccs2)c1C(=O)NCc1ccncc1. The quantitative estimate of drug-likeness (QED) is 0.751. The van der Waals surface area contributed by atoms with Gasteiger partial charge in [0.25, 0.3) is 5.91 Å². The number of hydrogen-bond acceptors (Lipinski definition) is 6. The summed E-state index contributed by atoms with van der Waals surface area (Å²) >= 11 is 1.45. The summed E-state index contributed by atoms with van der Waals surface area (Å²) in [5.74, 6) is -0.164. The first-order chi connectivity index (χ1) is 11.2. The molecule has 3 aromatic rings. The van der Waals surface area contributed by atoms with Gasteiger partial charge in [0.1, 0.15) is 17.4 Å². The molecule has 0 saturated heterocycles. The van der Waals surface area contributed by atoms with E-state index in [1.807, 2.05) is 29.6 Å². The summed E-state index contributed by atoms with van der Waals surface area (Å²) in [6.45, 7) is 1.90. The van der Waals surface area contributed by atoms with Crippen LogP contribution in [0.1, 0.15) is 34.7 Å². The van der Waals surface area contributed by atoms with E-state index >= 15 is 0 Å². The van der Waals surface area contributed by atoms with Crippen LogP contribution in [-0.4, -0.2) is 21.2 Å². The lowest BCUT2D eigenvalue weighted by Crippen LogP contribution is -2.24. The normalized spacial score (nSPS) is 12.1. The summed E-state index contributed by atoms with van der Waals surface area (Å²) in [6.07, 6.45) is 2.41. The zero-order chi connectivity index (χ0) is 16.2. The molecule has 3 aromatic heterocycles. The van der Waals surface area contributed by atoms with E-state index in [-0.39, 0.29) is 17.2 Å². The first-order valence-corrected chi connectivity index (χ1v) is 7.93. The Labute approximate surface area is 136 Å². The molecule has 0 aliphatic rings. The highest BCUT2D eigenvalue weighted by molar-refractivity contribution is 7.13. The van der Waals surface area contributed by atoms with Crippen molar-refractivity contribution in [3.63, 3.8) is 0 Å². The highest BCUT2D eigenvalue weighted by Crippen LogP contribution is 2.31. The van der Waals surface area contributed by atoms with Gasteiger partial charge in [-0.3, -0.25) is 9.78 Å². The second-order valence-corrected chi connectivity index (χ2v) is 5.91. The molecule has 2 N–H and O–H groups in total. The maximum absolute atomic E-state index is 12.6. The van der Waals surface area contributed by atoms with Crippen LogP contribution in [0.2, 0.25) is 0 Å². The van der Waals surface area contributed by atoms with Crippen molar-refractivity contribution in [1.29, 1.82) is 0 Å². The summed E-state index contributed by atoms with van der Waals surface area (Å²) in [7, 11) is 0. The third-order valence-corrected chi connectivity index (χ3v) is 4.16. The Morgan fingerprint density at radius 3 is 2.83 bits per heavy atom. The number of pyridine rings is 1. The highest BCUT2D eigenvalue weighted by Gasteiger charge is 2.26. The van der Waals surface area contributed by atoms with E-state index < -0.39 is 6.10 Å². The number of thiophene rings is 1. The zero-order valence-corrected chi connectivity index (χ0v) is 13.2. The molecule has 3 rings (SSSR count). The fourth-order valence-corrected chi connectivity index (χ4v) is 2.87. The van der Waals surface area contributed by atoms with Crippen LogP contribution in [0.4, 0.5) is 0 Å². The molecule has 7 heteroatoms. The minimum atomic E-state index is -0.919. The zero-order valence-electron chi connectivity index (χ0n) is 12.4. The molecule has 0 radical (unpaired) electrons. The van der Waals surface area contributed by atoms with Gasteiger partial charge in [-0.2, -0.15) is 0 Å². The van der Waals surface area contributed by atoms with Crippen LogP contribution in [0.15, 0.2) is 46.6 Å². The van der Waals surface area contributed by atoms with Crippen molar-refractivity contribution in [3.8, 4) is 10.6 Å². The van der Waals surface area contributed by atoms with Crippen LogP contribution in [0.5, 0.6) is 0 Å². The third-order valence-electron chi connectivity index (χ3n) is 3.28. The van der Waals surface area contributed by atoms with E-state index in [1.54, 1.807) is 19.3 Å². The molecule has 0 aliphatic heterocycles. The molecule has 0 aliphatic carbocycles. The van der Waals surface area contributed by atoms with Gasteiger partial charge in [-0.25, -0.2) is 0 Å². The lowest BCUT2D eigenvalue weighted by atomic mass is 10.1. The minimum Gasteiger partial charge on any atom is -0.385 e. The maximum atomic E-state index is 12.6. The first-order valence-electron chi connectivity index (χ1n) is 7.05. The Bertz CT molecular complexity index is 782. The van der Waals surface area contributed by atoms with Crippen LogP contribution in [0.25, 0.3) is 10.6 Å². The van der Waals surface area contributed by atoms with Gasteiger partial charge >= 0.3 is 0 Å². The van der Waals surface area contributed by atoms with Crippen molar-refractivity contribution >= 4 is 17.2 Å². The van der Waals surface area contributed by atoms with Crippen molar-refractivity contribution in [3.05, 3.63) is 58.9 Å². The molecule has 6 nitrogen and oxygen atoms in total. The average Bonchev–Trinajstić information content (AvgIpc) is 3.22. The van der Waals surface area contributed by atoms with Gasteiger partial charge in [0.2, 0.25) is 0 Å². The molecule has 23 heavy (non-hydrogen) atoms. The van der Waals surface area contributed by atoms with E-state index in [2.05, 4.69) is 15.5 Å². The number of aliphatic hydroxyl groups is 1. The predicted octanol–water partition coefficient (Wildman–Crippen LogP) is 2.78. The van der Waals surface area contributed by atoms with Crippen LogP contribution in [0, 0.1) is 0 Å². The highest BCUT2D eigenvalue weighted by atomic mass is 32.1. The molecule has 1 atom stereocenters. The van der Waals surface area contributed by atoms with Gasteiger partial charge in [0.15, 0.2) is 5.76 Å². The molecule has 1 amide bonds. The second kappa shape index (κ2) is 6.72. The Morgan fingerprint density at radius 1 is 1.39 bits per heavy atom. The first kappa shape index (κ1) is 15.4. The van der Waals surface area contributed by atoms with E-state index in [0.29, 0.717) is 12.2 Å². The standard InChI is InChI=1S/C16H15N3O3S/c1-10(20)15-13(14(19-22-15)12-3-2-8-23-12)16(21)18-9-11-4-6-17-7-5-11/h2-8,10,20H,9H2,1H3,(H,18,21). The number of carbonyl (C=O) groups excluding carboxylic acids is 1. The molecule has 1 unspecified atom stereocenters. The summed E-state index contributed by atoms with van der Waals surface area (Å²) in [6, 6.07) is 7.37. The average molecular weight is 329 g/mol. The van der Waals surface area contributed by atoms with E-state index in [4.69, 9.17) is 4.52 Å². The van der Waals surface area contributed by atoms with Gasteiger partial charge in [-0.05, 0) is 36.1 Å². The van der Waals surface area contributed by atoms with E-state index in [1.165, 1.54) is 11.3 Å². The lowest BCUT2D eigenvalue weighted by molar-refractivity contribution is 0.0938. The number of amides is 1. The topological polar surface area (TPSA) is 88.2 Å². The second-order valence-electron chi connectivity index (χ2n) is 4.96. The van der Waals surface area contributed by atoms with Gasteiger partial charge in [0, 0.05) is 18.9 Å². The fourth-order valence-electron chi connectivity index (χ4n) is 2.16. The van der Waals surface area contributed by atoms with Crippen molar-refractivity contribution < 1.29 is 14.4 Å². The van der Waals surface area contributed by atoms with E-state index in [9.17, 15) is 9.90 Å².